The Morgan fingerprint density at radius 3 is 0.535 bits per heavy atom. The quantitative estimate of drug-likeness (QED) is 0.125. The van der Waals surface area contributed by atoms with Gasteiger partial charge in [-0.25, -0.2) is 0 Å². The van der Waals surface area contributed by atoms with E-state index in [0.717, 1.165) is 0 Å². The number of hydrogen-bond acceptors (Lipinski definition) is 0. The van der Waals surface area contributed by atoms with E-state index < -0.39 is 29.8 Å². The van der Waals surface area contributed by atoms with Gasteiger partial charge in [-0.05, 0) is 0 Å². The fourth-order valence-corrected chi connectivity index (χ4v) is 70.9. The number of benzene rings is 6. The predicted octanol–water partition coefficient (Wildman–Crippen LogP) is 6.64. The highest BCUT2D eigenvalue weighted by molar-refractivity contribution is 8.42. The molecule has 0 aliphatic rings. The monoisotopic (exact) mass is 622 g/mol. The summed E-state index contributed by atoms with van der Waals surface area (Å²) in [6, 6.07) is 69.7. The molecule has 0 radical (unpaired) electrons. The predicted molar refractivity (Wildman–Crippen MR) is 198 cm³/mol. The molecule has 0 atom stereocenters. The van der Waals surface area contributed by atoms with Crippen LogP contribution in [0.15, 0.2) is 182 Å². The molecule has 0 fully saturated rings. The van der Waals surface area contributed by atoms with E-state index in [-0.39, 0.29) is 0 Å². The second kappa shape index (κ2) is 12.6. The van der Waals surface area contributed by atoms with Gasteiger partial charge in [0.25, 0.3) is 0 Å². The summed E-state index contributed by atoms with van der Waals surface area (Å²) in [6.45, 7) is 7.52. The zero-order chi connectivity index (χ0) is 29.8. The highest BCUT2D eigenvalue weighted by Crippen LogP contribution is 2.60. The van der Waals surface area contributed by atoms with Crippen molar-refractivity contribution in [2.45, 2.75) is 19.6 Å². The summed E-state index contributed by atoms with van der Waals surface area (Å²) in [5.74, 6) is 0. The van der Waals surface area contributed by atoms with E-state index in [1.807, 2.05) is 0 Å². The van der Waals surface area contributed by atoms with Crippen LogP contribution in [-0.2, 0) is 0 Å². The molecule has 0 aliphatic heterocycles. The lowest BCUT2D eigenvalue weighted by Gasteiger charge is -2.55. The zero-order valence-corrected chi connectivity index (χ0v) is 29.2. The molecule has 0 amide bonds. The van der Waals surface area contributed by atoms with Crippen LogP contribution >= 0.6 is 6.57 Å². The van der Waals surface area contributed by atoms with Gasteiger partial charge >= 0.3 is 0 Å². The maximum Gasteiger partial charge on any atom is 0.134 e. The Hall–Kier alpha value is -3.60. The lowest BCUT2D eigenvalue weighted by atomic mass is 10.4. The van der Waals surface area contributed by atoms with Crippen molar-refractivity contribution >= 4 is 60.9 Å². The molecule has 0 unspecified atom stereocenters. The minimum Gasteiger partial charge on any atom is -0.112 e. The van der Waals surface area contributed by atoms with Gasteiger partial charge < -0.3 is 0 Å². The van der Waals surface area contributed by atoms with E-state index in [4.69, 9.17) is 0 Å². The van der Waals surface area contributed by atoms with Crippen LogP contribution in [0.1, 0.15) is 0 Å². The topological polar surface area (TPSA) is 0 Å². The van der Waals surface area contributed by atoms with Gasteiger partial charge in [0.15, 0.2) is 0 Å². The standard InChI is InChI=1S/C39H39PSi3/c1-41(34-22-10-4-11-23-34,35-24-12-5-13-25-35)40(42(2,36-26-14-6-15-27-36)37-28-16-7-17-29-37)43(3,38-30-18-8-19-31-38)39-32-20-9-21-33-39/h4-33H,1-3H3. The summed E-state index contributed by atoms with van der Waals surface area (Å²) in [7, 11) is -7.33. The van der Waals surface area contributed by atoms with Crippen molar-refractivity contribution in [1.82, 2.24) is 0 Å². The first-order chi connectivity index (χ1) is 21.0. The average molecular weight is 623 g/mol. The van der Waals surface area contributed by atoms with Gasteiger partial charge in [0, 0.05) is 0 Å². The van der Waals surface area contributed by atoms with Crippen LogP contribution in [-0.4, -0.2) is 23.2 Å². The molecule has 0 aromatic heterocycles. The molecule has 43 heavy (non-hydrogen) atoms. The van der Waals surface area contributed by atoms with Gasteiger partial charge in [-0.1, -0.05) is 233 Å². The van der Waals surface area contributed by atoms with Crippen molar-refractivity contribution in [1.29, 1.82) is 0 Å². The first-order valence-electron chi connectivity index (χ1n) is 15.1. The second-order valence-corrected chi connectivity index (χ2v) is 38.4. The number of hydrogen-bond donors (Lipinski definition) is 0. The van der Waals surface area contributed by atoms with Crippen molar-refractivity contribution < 1.29 is 0 Å². The fourth-order valence-electron chi connectivity index (χ4n) is 7.19. The summed E-state index contributed by atoms with van der Waals surface area (Å²) in [5.41, 5.74) is 0. The fraction of sp³-hybridized carbons (Fsp3) is 0.0769. The lowest BCUT2D eigenvalue weighted by molar-refractivity contribution is 1.70. The first kappa shape index (κ1) is 29.5. The maximum atomic E-state index is 2.72. The van der Waals surface area contributed by atoms with Gasteiger partial charge in [-0.3, -0.25) is 0 Å². The van der Waals surface area contributed by atoms with Crippen molar-refractivity contribution in [2.75, 3.05) is 0 Å². The molecule has 0 nitrogen and oxygen atoms in total. The molecule has 0 N–H and O–H groups in total. The summed E-state index contributed by atoms with van der Waals surface area (Å²) >= 11 is 0. The second-order valence-electron chi connectivity index (χ2n) is 11.7. The van der Waals surface area contributed by atoms with E-state index in [1.54, 1.807) is 31.1 Å². The molecule has 6 rings (SSSR count). The zero-order valence-electron chi connectivity index (χ0n) is 25.3. The van der Waals surface area contributed by atoms with Crippen molar-refractivity contribution in [2.24, 2.45) is 0 Å². The highest BCUT2D eigenvalue weighted by atomic mass is 31.8. The van der Waals surface area contributed by atoms with Crippen LogP contribution in [0.25, 0.3) is 0 Å². The molecular weight excluding hydrogens is 584 g/mol. The van der Waals surface area contributed by atoms with Crippen molar-refractivity contribution in [3.8, 4) is 0 Å². The van der Waals surface area contributed by atoms with Crippen LogP contribution in [0.5, 0.6) is 0 Å². The van der Waals surface area contributed by atoms with Gasteiger partial charge in [0.1, 0.15) is 23.2 Å². The highest BCUT2D eigenvalue weighted by Gasteiger charge is 2.61. The first-order valence-corrected chi connectivity index (χ1v) is 26.5. The number of rotatable bonds is 9. The lowest BCUT2D eigenvalue weighted by Crippen LogP contribution is -2.74. The van der Waals surface area contributed by atoms with Crippen molar-refractivity contribution in [3.63, 3.8) is 0 Å². The Balaban J connectivity index is 1.83. The Kier molecular flexibility index (Phi) is 8.61. The molecule has 0 spiro atoms. The van der Waals surface area contributed by atoms with Gasteiger partial charge in [-0.2, -0.15) is 0 Å². The van der Waals surface area contributed by atoms with Crippen LogP contribution in [0.3, 0.4) is 0 Å². The smallest absolute Gasteiger partial charge is 0.112 e. The largest absolute Gasteiger partial charge is 0.134 e. The molecule has 0 saturated carbocycles. The van der Waals surface area contributed by atoms with Gasteiger partial charge in [0.05, 0.1) is 0 Å². The Labute approximate surface area is 261 Å². The molecule has 0 aliphatic carbocycles. The molecule has 0 bridgehead atoms. The van der Waals surface area contributed by atoms with E-state index in [1.165, 1.54) is 0 Å². The van der Waals surface area contributed by atoms with Gasteiger partial charge in [0.2, 0.25) is 0 Å². The maximum absolute atomic E-state index is 2.72. The summed E-state index contributed by atoms with van der Waals surface area (Å²) in [6.07, 6.45) is 0. The third kappa shape index (κ3) is 5.25. The van der Waals surface area contributed by atoms with E-state index in [2.05, 4.69) is 202 Å². The SMILES string of the molecule is C[Si](c1ccccc1)(c1ccccc1)P([Si](C)(c1ccccc1)c1ccccc1)[Si](C)(c1ccccc1)c1ccccc1. The molecule has 0 heterocycles. The normalized spacial score (nSPS) is 12.3. The molecular formula is C39H39PSi3. The Morgan fingerprint density at radius 1 is 0.256 bits per heavy atom. The minimum atomic E-state index is -2.44. The molecule has 212 valence electrons. The van der Waals surface area contributed by atoms with E-state index >= 15 is 0 Å². The van der Waals surface area contributed by atoms with Crippen LogP contribution in [0.2, 0.25) is 19.6 Å². The van der Waals surface area contributed by atoms with Crippen LogP contribution in [0, 0.1) is 0 Å². The average Bonchev–Trinajstić information content (AvgIpc) is 3.10. The Bertz CT molecular complexity index is 1400. The molecule has 0 saturated heterocycles. The van der Waals surface area contributed by atoms with Crippen LogP contribution in [0.4, 0.5) is 0 Å². The molecule has 6 aromatic rings. The van der Waals surface area contributed by atoms with E-state index in [9.17, 15) is 0 Å². The van der Waals surface area contributed by atoms with Crippen molar-refractivity contribution in [3.05, 3.63) is 182 Å². The molecule has 6 aromatic carbocycles. The Morgan fingerprint density at radius 2 is 0.395 bits per heavy atom. The van der Waals surface area contributed by atoms with E-state index in [0.29, 0.717) is 0 Å². The third-order valence-electron chi connectivity index (χ3n) is 9.36. The summed E-state index contributed by atoms with van der Waals surface area (Å²) in [4.78, 5) is 0. The molecule has 4 heteroatoms. The summed E-state index contributed by atoms with van der Waals surface area (Å²) in [5, 5.41) is 9.27. The minimum absolute atomic E-state index is 0.638. The third-order valence-corrected chi connectivity index (χ3v) is 57.6. The van der Waals surface area contributed by atoms with Gasteiger partial charge in [-0.15, -0.1) is 6.57 Å². The summed E-state index contributed by atoms with van der Waals surface area (Å²) < 4.78 is 0. The van der Waals surface area contributed by atoms with Crippen LogP contribution < -0.4 is 31.1 Å².